The smallest absolute Gasteiger partial charge is 0.265 e. The molecule has 32 heavy (non-hydrogen) atoms. The summed E-state index contributed by atoms with van der Waals surface area (Å²) in [6.45, 7) is 10.3. The van der Waals surface area contributed by atoms with Crippen LogP contribution in [0.4, 0.5) is 0 Å². The second-order valence-electron chi connectivity index (χ2n) is 8.34. The van der Waals surface area contributed by atoms with E-state index in [0.29, 0.717) is 12.5 Å². The molecule has 0 spiro atoms. The number of phosphoric ester groups is 1. The van der Waals surface area contributed by atoms with Gasteiger partial charge in [-0.1, -0.05) is 0 Å². The predicted octanol–water partition coefficient (Wildman–Crippen LogP) is 2.23. The fourth-order valence-electron chi connectivity index (χ4n) is 3.58. The molecule has 0 saturated carbocycles. The second kappa shape index (κ2) is 12.4. The van der Waals surface area contributed by atoms with E-state index in [4.69, 9.17) is 28.0 Å². The van der Waals surface area contributed by atoms with E-state index in [-0.39, 0.29) is 52.6 Å². The fraction of sp³-hybridized carbons (Fsp3) is 0.850. The summed E-state index contributed by atoms with van der Waals surface area (Å²) in [7, 11) is -4.94. The first kappa shape index (κ1) is 29.6. The Kier molecular flexibility index (Phi) is 11.5. The standard InChI is InChI=1S/C20H32N2O8P.W/c1-12(2)25-8-18-19(20(10-21,11-22)15(6)29-18)30-31(23,24)26-9-17-16(27-13(3)4)7-14(5)28-17;/h12-16,18-19H,7-9H2,1-6H3,(H,23,24);/q-1;/p-1/t14-,15-,16?,18+,19-;/m0./s1. The van der Waals surface area contributed by atoms with Crippen molar-refractivity contribution in [2.24, 2.45) is 5.41 Å². The van der Waals surface area contributed by atoms with E-state index >= 15 is 0 Å². The number of hydrogen-bond donors (Lipinski definition) is 0. The van der Waals surface area contributed by atoms with Gasteiger partial charge in [0.05, 0.1) is 31.0 Å². The summed E-state index contributed by atoms with van der Waals surface area (Å²) in [5.41, 5.74) is -1.83. The molecule has 0 bridgehead atoms. The van der Waals surface area contributed by atoms with Crippen LogP contribution in [0.1, 0.15) is 48.0 Å². The van der Waals surface area contributed by atoms with Crippen LogP contribution in [-0.4, -0.2) is 55.9 Å². The molecular weight excluding hydrogens is 611 g/mol. The van der Waals surface area contributed by atoms with Crippen LogP contribution >= 0.6 is 7.82 Å². The first-order valence-electron chi connectivity index (χ1n) is 10.4. The third-order valence-electron chi connectivity index (χ3n) is 5.07. The normalized spacial score (nSPS) is 31.8. The monoisotopic (exact) mass is 642 g/mol. The van der Waals surface area contributed by atoms with Gasteiger partial charge in [0.2, 0.25) is 0 Å². The molecule has 2 aliphatic rings. The minimum atomic E-state index is -4.94. The van der Waals surface area contributed by atoms with Crippen molar-refractivity contribution in [3.63, 3.8) is 0 Å². The van der Waals surface area contributed by atoms with Crippen molar-refractivity contribution in [1.29, 1.82) is 10.5 Å². The van der Waals surface area contributed by atoms with Crippen molar-refractivity contribution in [3.05, 3.63) is 6.10 Å². The molecular formula is C20H31N2O8PW-2. The average molecular weight is 642 g/mol. The number of phosphoric acid groups is 1. The number of hydrogen-bond acceptors (Lipinski definition) is 10. The van der Waals surface area contributed by atoms with Gasteiger partial charge in [0, 0.05) is 33.3 Å². The van der Waals surface area contributed by atoms with Gasteiger partial charge in [-0.25, -0.2) is 0 Å². The Hall–Kier alpha value is -0.382. The van der Waals surface area contributed by atoms with Gasteiger partial charge in [-0.3, -0.25) is 4.57 Å². The van der Waals surface area contributed by atoms with Gasteiger partial charge in [0.1, 0.15) is 12.2 Å². The zero-order valence-corrected chi connectivity index (χ0v) is 23.0. The molecule has 12 heteroatoms. The quantitative estimate of drug-likeness (QED) is 0.257. The maximum atomic E-state index is 12.6. The number of nitriles is 2. The summed E-state index contributed by atoms with van der Waals surface area (Å²) in [5.74, 6) is 0. The Bertz CT molecular complexity index is 726. The van der Waals surface area contributed by atoms with Crippen LogP contribution in [0.25, 0.3) is 0 Å². The molecule has 0 N–H and O–H groups in total. The summed E-state index contributed by atoms with van der Waals surface area (Å²) in [6, 6.07) is 3.73. The number of nitrogens with zero attached hydrogens (tertiary/aromatic N) is 2. The van der Waals surface area contributed by atoms with Crippen LogP contribution in [0.2, 0.25) is 0 Å². The zero-order valence-electron chi connectivity index (χ0n) is 19.2. The number of rotatable bonds is 10. The number of ether oxygens (including phenoxy) is 4. The Balaban J connectivity index is 0.00000512. The van der Waals surface area contributed by atoms with E-state index in [1.54, 1.807) is 13.8 Å². The molecule has 2 unspecified atom stereocenters. The maximum Gasteiger partial charge on any atom is 0.265 e. The first-order valence-corrected chi connectivity index (χ1v) is 11.8. The third kappa shape index (κ3) is 7.31. The van der Waals surface area contributed by atoms with Crippen molar-refractivity contribution in [3.8, 4) is 12.1 Å². The molecule has 182 valence electrons. The Labute approximate surface area is 204 Å². The van der Waals surface area contributed by atoms with Crippen molar-refractivity contribution >= 4 is 7.82 Å². The molecule has 0 aromatic carbocycles. The van der Waals surface area contributed by atoms with E-state index in [2.05, 4.69) is 0 Å². The maximum absolute atomic E-state index is 12.6. The van der Waals surface area contributed by atoms with Gasteiger partial charge in [0.25, 0.3) is 7.82 Å². The summed E-state index contributed by atoms with van der Waals surface area (Å²) >= 11 is 0. The van der Waals surface area contributed by atoms with Crippen LogP contribution < -0.4 is 4.89 Å². The molecule has 2 heterocycles. The molecule has 6 atom stereocenters. The summed E-state index contributed by atoms with van der Waals surface area (Å²) < 4.78 is 45.4. The van der Waals surface area contributed by atoms with Gasteiger partial charge in [-0.05, 0) is 60.7 Å². The Morgan fingerprint density at radius 2 is 1.84 bits per heavy atom. The molecule has 0 aromatic rings. The van der Waals surface area contributed by atoms with Crippen LogP contribution in [0, 0.1) is 34.2 Å². The van der Waals surface area contributed by atoms with Gasteiger partial charge in [0.15, 0.2) is 5.41 Å². The Morgan fingerprint density at radius 3 is 2.38 bits per heavy atom. The third-order valence-corrected chi connectivity index (χ3v) is 6.00. The van der Waals surface area contributed by atoms with Crippen LogP contribution in [-0.2, 0) is 53.6 Å². The minimum absolute atomic E-state index is 0. The fourth-order valence-corrected chi connectivity index (χ4v) is 4.51. The van der Waals surface area contributed by atoms with Gasteiger partial charge < -0.3 is 32.9 Å². The molecule has 0 amide bonds. The van der Waals surface area contributed by atoms with Gasteiger partial charge in [-0.2, -0.15) is 10.5 Å². The molecule has 2 fully saturated rings. The van der Waals surface area contributed by atoms with Gasteiger partial charge in [-0.15, -0.1) is 6.10 Å². The SMILES string of the molecule is CC(C)OC[C@H]1O[C@@H](C)C(C#N)(C#N)[C@H]1OP(=O)([O-])OC[C-]1O[C@@H](C)CC1OC(C)C.[W]. The van der Waals surface area contributed by atoms with Gasteiger partial charge >= 0.3 is 0 Å². The van der Waals surface area contributed by atoms with Crippen molar-refractivity contribution in [2.75, 3.05) is 13.2 Å². The summed E-state index contributed by atoms with van der Waals surface area (Å²) in [5, 5.41) is 19.3. The van der Waals surface area contributed by atoms with E-state index < -0.39 is 37.7 Å². The zero-order chi connectivity index (χ0) is 23.4. The largest absolute Gasteiger partial charge is 0.756 e. The molecule has 10 nitrogen and oxygen atoms in total. The minimum Gasteiger partial charge on any atom is -0.756 e. The van der Waals surface area contributed by atoms with Crippen molar-refractivity contribution in [2.45, 2.75) is 90.7 Å². The molecule has 0 aliphatic carbocycles. The first-order chi connectivity index (χ1) is 14.4. The predicted molar refractivity (Wildman–Crippen MR) is 106 cm³/mol. The molecule has 0 radical (unpaired) electrons. The van der Waals surface area contributed by atoms with Crippen molar-refractivity contribution in [1.82, 2.24) is 0 Å². The Morgan fingerprint density at radius 1 is 1.22 bits per heavy atom. The van der Waals surface area contributed by atoms with Crippen LogP contribution in [0.15, 0.2) is 0 Å². The molecule has 2 rings (SSSR count). The molecule has 2 saturated heterocycles. The summed E-state index contributed by atoms with van der Waals surface area (Å²) in [6.07, 6.45) is -3.07. The summed E-state index contributed by atoms with van der Waals surface area (Å²) in [4.78, 5) is 12.6. The average Bonchev–Trinajstić information content (AvgIpc) is 3.14. The van der Waals surface area contributed by atoms with Crippen molar-refractivity contribution < 1.29 is 58.5 Å². The topological polar surface area (TPSA) is 143 Å². The molecule has 0 aromatic heterocycles. The van der Waals surface area contributed by atoms with E-state index in [1.807, 2.05) is 32.9 Å². The molecule has 2 aliphatic heterocycles. The van der Waals surface area contributed by atoms with E-state index in [0.717, 1.165) is 0 Å². The van der Waals surface area contributed by atoms with Crippen LogP contribution in [0.5, 0.6) is 0 Å². The second-order valence-corrected chi connectivity index (χ2v) is 9.71. The van der Waals surface area contributed by atoms with E-state index in [1.165, 1.54) is 6.92 Å². The van der Waals surface area contributed by atoms with E-state index in [9.17, 15) is 20.0 Å². The van der Waals surface area contributed by atoms with Crippen LogP contribution in [0.3, 0.4) is 0 Å².